The summed E-state index contributed by atoms with van der Waals surface area (Å²) in [6.45, 7) is 2.29. The molecule has 0 amide bonds. The first-order chi connectivity index (χ1) is 8.78. The van der Waals surface area contributed by atoms with E-state index in [1.165, 1.54) is 25.5 Å². The smallest absolute Gasteiger partial charge is 0.309 e. The molecule has 1 fully saturated rings. The van der Waals surface area contributed by atoms with E-state index in [4.69, 9.17) is 0 Å². The van der Waals surface area contributed by atoms with E-state index in [2.05, 4.69) is 22.2 Å². The zero-order chi connectivity index (χ0) is 12.8. The Hall–Kier alpha value is -1.35. The standard InChI is InChI=1S/C15H21NO2/c1-18-15(17)11-13-4-2-12(3-5-13)10-14-6-8-16-9-7-14/h2-5,14,16H,6-11H2,1H3. The number of carbonyl (C=O) groups excluding carboxylic acids is 1. The van der Waals surface area contributed by atoms with Crippen molar-refractivity contribution in [3.8, 4) is 0 Å². The first-order valence-corrected chi connectivity index (χ1v) is 6.63. The predicted octanol–water partition coefficient (Wildman–Crippen LogP) is 1.94. The summed E-state index contributed by atoms with van der Waals surface area (Å²) in [5.41, 5.74) is 2.39. The Morgan fingerprint density at radius 2 is 1.83 bits per heavy atom. The lowest BCUT2D eigenvalue weighted by molar-refractivity contribution is -0.139. The van der Waals surface area contributed by atoms with Crippen molar-refractivity contribution < 1.29 is 9.53 Å². The lowest BCUT2D eigenvalue weighted by Gasteiger charge is -2.22. The molecule has 0 saturated carbocycles. The molecule has 0 radical (unpaired) electrons. The molecule has 0 aliphatic carbocycles. The second-order valence-corrected chi connectivity index (χ2v) is 4.97. The predicted molar refractivity (Wildman–Crippen MR) is 71.5 cm³/mol. The number of nitrogens with one attached hydrogen (secondary N) is 1. The van der Waals surface area contributed by atoms with Gasteiger partial charge in [0, 0.05) is 0 Å². The van der Waals surface area contributed by atoms with Crippen molar-refractivity contribution in [3.05, 3.63) is 35.4 Å². The highest BCUT2D eigenvalue weighted by Crippen LogP contribution is 2.18. The molecule has 0 atom stereocenters. The van der Waals surface area contributed by atoms with E-state index < -0.39 is 0 Å². The van der Waals surface area contributed by atoms with Crippen molar-refractivity contribution in [2.75, 3.05) is 20.2 Å². The molecular formula is C15H21NO2. The lowest BCUT2D eigenvalue weighted by atomic mass is 9.90. The van der Waals surface area contributed by atoms with Gasteiger partial charge in [0.1, 0.15) is 0 Å². The van der Waals surface area contributed by atoms with Gasteiger partial charge in [0.15, 0.2) is 0 Å². The van der Waals surface area contributed by atoms with Gasteiger partial charge in [-0.25, -0.2) is 0 Å². The quantitative estimate of drug-likeness (QED) is 0.826. The van der Waals surface area contributed by atoms with Crippen LogP contribution in [0.3, 0.4) is 0 Å². The lowest BCUT2D eigenvalue weighted by Crippen LogP contribution is -2.28. The summed E-state index contributed by atoms with van der Waals surface area (Å²) < 4.78 is 4.66. The Bertz CT molecular complexity index is 380. The first kappa shape index (κ1) is 13.1. The highest BCUT2D eigenvalue weighted by Gasteiger charge is 2.13. The molecule has 0 spiro atoms. The first-order valence-electron chi connectivity index (χ1n) is 6.63. The molecule has 3 nitrogen and oxygen atoms in total. The highest BCUT2D eigenvalue weighted by atomic mass is 16.5. The zero-order valence-corrected chi connectivity index (χ0v) is 10.9. The van der Waals surface area contributed by atoms with Crippen LogP contribution < -0.4 is 5.32 Å². The minimum Gasteiger partial charge on any atom is -0.469 e. The Labute approximate surface area is 109 Å². The molecular weight excluding hydrogens is 226 g/mol. The van der Waals surface area contributed by atoms with Gasteiger partial charge in [0.05, 0.1) is 13.5 Å². The molecule has 1 aliphatic rings. The number of hydrogen-bond donors (Lipinski definition) is 1. The summed E-state index contributed by atoms with van der Waals surface area (Å²) in [6.07, 6.45) is 4.05. The van der Waals surface area contributed by atoms with Crippen molar-refractivity contribution in [1.82, 2.24) is 5.32 Å². The summed E-state index contributed by atoms with van der Waals surface area (Å²) in [5, 5.41) is 3.39. The molecule has 1 saturated heterocycles. The van der Waals surface area contributed by atoms with E-state index in [0.29, 0.717) is 6.42 Å². The second-order valence-electron chi connectivity index (χ2n) is 4.97. The second kappa shape index (κ2) is 6.55. The van der Waals surface area contributed by atoms with E-state index in [9.17, 15) is 4.79 Å². The van der Waals surface area contributed by atoms with Crippen LogP contribution in [0.5, 0.6) is 0 Å². The molecule has 1 heterocycles. The summed E-state index contributed by atoms with van der Waals surface area (Å²) >= 11 is 0. The van der Waals surface area contributed by atoms with Crippen LogP contribution in [0.4, 0.5) is 0 Å². The fourth-order valence-corrected chi connectivity index (χ4v) is 2.45. The van der Waals surface area contributed by atoms with Gasteiger partial charge >= 0.3 is 5.97 Å². The number of rotatable bonds is 4. The summed E-state index contributed by atoms with van der Waals surface area (Å²) in [7, 11) is 1.42. The zero-order valence-electron chi connectivity index (χ0n) is 10.9. The minimum absolute atomic E-state index is 0.180. The molecule has 3 heteroatoms. The van der Waals surface area contributed by atoms with Gasteiger partial charge in [-0.2, -0.15) is 0 Å². The third-order valence-corrected chi connectivity index (χ3v) is 3.58. The molecule has 1 aromatic carbocycles. The number of hydrogen-bond acceptors (Lipinski definition) is 3. The summed E-state index contributed by atoms with van der Waals surface area (Å²) in [6, 6.07) is 8.35. The SMILES string of the molecule is COC(=O)Cc1ccc(CC2CCNCC2)cc1. The van der Waals surface area contributed by atoms with Crippen LogP contribution in [-0.2, 0) is 22.4 Å². The maximum Gasteiger partial charge on any atom is 0.309 e. The van der Waals surface area contributed by atoms with E-state index >= 15 is 0 Å². The Kier molecular flexibility index (Phi) is 4.76. The van der Waals surface area contributed by atoms with Gasteiger partial charge in [-0.05, 0) is 49.4 Å². The van der Waals surface area contributed by atoms with Gasteiger partial charge in [-0.3, -0.25) is 4.79 Å². The van der Waals surface area contributed by atoms with Crippen LogP contribution in [0.1, 0.15) is 24.0 Å². The molecule has 0 aromatic heterocycles. The Morgan fingerprint density at radius 1 is 1.22 bits per heavy atom. The molecule has 18 heavy (non-hydrogen) atoms. The topological polar surface area (TPSA) is 38.3 Å². The maximum atomic E-state index is 11.2. The number of carbonyl (C=O) groups is 1. The van der Waals surface area contributed by atoms with Crippen molar-refractivity contribution in [2.45, 2.75) is 25.7 Å². The van der Waals surface area contributed by atoms with Gasteiger partial charge in [-0.15, -0.1) is 0 Å². The number of methoxy groups -OCH3 is 1. The van der Waals surface area contributed by atoms with E-state index in [1.807, 2.05) is 12.1 Å². The van der Waals surface area contributed by atoms with Gasteiger partial charge < -0.3 is 10.1 Å². The third-order valence-electron chi connectivity index (χ3n) is 3.58. The molecule has 98 valence electrons. The van der Waals surface area contributed by atoms with Crippen molar-refractivity contribution in [2.24, 2.45) is 5.92 Å². The van der Waals surface area contributed by atoms with Crippen LogP contribution in [-0.4, -0.2) is 26.2 Å². The molecule has 0 bridgehead atoms. The fourth-order valence-electron chi connectivity index (χ4n) is 2.45. The Morgan fingerprint density at radius 3 is 2.44 bits per heavy atom. The van der Waals surface area contributed by atoms with Crippen LogP contribution in [0.15, 0.2) is 24.3 Å². The van der Waals surface area contributed by atoms with Crippen molar-refractivity contribution in [3.63, 3.8) is 0 Å². The number of ether oxygens (including phenoxy) is 1. The minimum atomic E-state index is -0.180. The van der Waals surface area contributed by atoms with Crippen LogP contribution >= 0.6 is 0 Å². The maximum absolute atomic E-state index is 11.2. The van der Waals surface area contributed by atoms with Crippen LogP contribution in [0, 0.1) is 5.92 Å². The van der Waals surface area contributed by atoms with Gasteiger partial charge in [0.25, 0.3) is 0 Å². The monoisotopic (exact) mass is 247 g/mol. The molecule has 1 aromatic rings. The number of piperidine rings is 1. The van der Waals surface area contributed by atoms with Crippen molar-refractivity contribution >= 4 is 5.97 Å². The van der Waals surface area contributed by atoms with E-state index in [1.54, 1.807) is 0 Å². The largest absolute Gasteiger partial charge is 0.469 e. The van der Waals surface area contributed by atoms with E-state index in [-0.39, 0.29) is 5.97 Å². The van der Waals surface area contributed by atoms with E-state index in [0.717, 1.165) is 31.0 Å². The van der Waals surface area contributed by atoms with Crippen LogP contribution in [0.2, 0.25) is 0 Å². The number of esters is 1. The molecule has 1 N–H and O–H groups in total. The Balaban J connectivity index is 1.88. The summed E-state index contributed by atoms with van der Waals surface area (Å²) in [4.78, 5) is 11.2. The van der Waals surface area contributed by atoms with Crippen LogP contribution in [0.25, 0.3) is 0 Å². The normalized spacial score (nSPS) is 16.5. The van der Waals surface area contributed by atoms with Crippen molar-refractivity contribution in [1.29, 1.82) is 0 Å². The average Bonchev–Trinajstić information content (AvgIpc) is 2.42. The third kappa shape index (κ3) is 3.84. The molecule has 1 aliphatic heterocycles. The summed E-state index contributed by atoms with van der Waals surface area (Å²) in [5.74, 6) is 0.624. The fraction of sp³-hybridized carbons (Fsp3) is 0.533. The van der Waals surface area contributed by atoms with Gasteiger partial charge in [-0.1, -0.05) is 24.3 Å². The van der Waals surface area contributed by atoms with Gasteiger partial charge in [0.2, 0.25) is 0 Å². The highest BCUT2D eigenvalue weighted by molar-refractivity contribution is 5.72. The number of benzene rings is 1. The average molecular weight is 247 g/mol. The molecule has 2 rings (SSSR count). The molecule has 0 unspecified atom stereocenters.